The number of piperidine rings is 1. The smallest absolute Gasteiger partial charge is 0.255 e. The zero-order valence-electron chi connectivity index (χ0n) is 19.3. The van der Waals surface area contributed by atoms with Crippen molar-refractivity contribution in [3.05, 3.63) is 89.9 Å². The maximum Gasteiger partial charge on any atom is 0.255 e. The first-order valence-corrected chi connectivity index (χ1v) is 11.7. The number of primary amides is 1. The van der Waals surface area contributed by atoms with Crippen molar-refractivity contribution in [1.82, 2.24) is 9.38 Å². The number of aromatic nitrogens is 2. The molecule has 0 atom stereocenters. The fraction of sp³-hybridized carbons (Fsp3) is 0.222. The molecule has 0 unspecified atom stereocenters. The molecule has 0 spiro atoms. The molecule has 35 heavy (non-hydrogen) atoms. The molecule has 0 aliphatic carbocycles. The van der Waals surface area contributed by atoms with Crippen molar-refractivity contribution in [3.8, 4) is 5.75 Å². The Balaban J connectivity index is 1.32. The number of nitrogens with two attached hydrogens (primary N) is 1. The monoisotopic (exact) mass is 469 g/mol. The number of imidazole rings is 1. The van der Waals surface area contributed by atoms with Crippen LogP contribution in [0.2, 0.25) is 0 Å². The Morgan fingerprint density at radius 1 is 0.971 bits per heavy atom. The van der Waals surface area contributed by atoms with Crippen LogP contribution in [0.25, 0.3) is 5.65 Å². The van der Waals surface area contributed by atoms with Gasteiger partial charge in [0.25, 0.3) is 5.91 Å². The molecule has 1 fully saturated rings. The molecule has 2 aromatic carbocycles. The van der Waals surface area contributed by atoms with E-state index in [0.29, 0.717) is 22.6 Å². The van der Waals surface area contributed by atoms with Crippen LogP contribution in [0.3, 0.4) is 0 Å². The van der Waals surface area contributed by atoms with E-state index < -0.39 is 5.91 Å². The highest BCUT2D eigenvalue weighted by molar-refractivity contribution is 6.07. The summed E-state index contributed by atoms with van der Waals surface area (Å²) in [5.41, 5.74) is 9.40. The van der Waals surface area contributed by atoms with E-state index in [9.17, 15) is 9.59 Å². The van der Waals surface area contributed by atoms with E-state index in [1.807, 2.05) is 41.1 Å². The first-order chi connectivity index (χ1) is 17.1. The van der Waals surface area contributed by atoms with Gasteiger partial charge in [-0.2, -0.15) is 0 Å². The number of fused-ring (bicyclic) bond motifs is 1. The van der Waals surface area contributed by atoms with Crippen molar-refractivity contribution in [3.63, 3.8) is 0 Å². The number of anilines is 2. The lowest BCUT2D eigenvalue weighted by Gasteiger charge is -2.30. The minimum atomic E-state index is -0.534. The minimum absolute atomic E-state index is 0.284. The fourth-order valence-corrected chi connectivity index (χ4v) is 4.34. The predicted molar refractivity (Wildman–Crippen MR) is 135 cm³/mol. The topological polar surface area (TPSA) is 102 Å². The number of amides is 2. The van der Waals surface area contributed by atoms with Crippen LogP contribution in [0.4, 0.5) is 11.4 Å². The van der Waals surface area contributed by atoms with E-state index in [0.717, 1.165) is 43.0 Å². The Labute approximate surface area is 203 Å². The predicted octanol–water partition coefficient (Wildman–Crippen LogP) is 4.25. The normalized spacial score (nSPS) is 13.5. The molecular weight excluding hydrogens is 442 g/mol. The van der Waals surface area contributed by atoms with Gasteiger partial charge in [-0.15, -0.1) is 0 Å². The van der Waals surface area contributed by atoms with E-state index in [2.05, 4.69) is 15.2 Å². The van der Waals surface area contributed by atoms with Gasteiger partial charge in [0.05, 0.1) is 17.1 Å². The maximum absolute atomic E-state index is 13.2. The number of carbonyl (C=O) groups excluding carboxylic acids is 2. The second-order valence-corrected chi connectivity index (χ2v) is 8.61. The molecule has 2 aromatic heterocycles. The van der Waals surface area contributed by atoms with Gasteiger partial charge >= 0.3 is 0 Å². The lowest BCUT2D eigenvalue weighted by atomic mass is 10.1. The molecule has 0 radical (unpaired) electrons. The quantitative estimate of drug-likeness (QED) is 0.421. The van der Waals surface area contributed by atoms with Crippen LogP contribution in [-0.2, 0) is 6.61 Å². The van der Waals surface area contributed by atoms with E-state index in [-0.39, 0.29) is 12.5 Å². The Kier molecular flexibility index (Phi) is 6.34. The number of benzene rings is 2. The van der Waals surface area contributed by atoms with E-state index in [1.165, 1.54) is 6.42 Å². The number of rotatable bonds is 7. The Morgan fingerprint density at radius 3 is 2.63 bits per heavy atom. The van der Waals surface area contributed by atoms with Crippen LogP contribution in [-0.4, -0.2) is 34.3 Å². The number of nitrogens with zero attached hydrogens (tertiary/aromatic N) is 3. The summed E-state index contributed by atoms with van der Waals surface area (Å²) in [6.07, 6.45) is 7.23. The molecule has 8 heteroatoms. The summed E-state index contributed by atoms with van der Waals surface area (Å²) in [5, 5.41) is 2.98. The van der Waals surface area contributed by atoms with Gasteiger partial charge in [-0.3, -0.25) is 9.59 Å². The van der Waals surface area contributed by atoms with Crippen molar-refractivity contribution < 1.29 is 14.3 Å². The van der Waals surface area contributed by atoms with Crippen molar-refractivity contribution in [2.75, 3.05) is 23.3 Å². The van der Waals surface area contributed by atoms with Gasteiger partial charge < -0.3 is 25.1 Å². The summed E-state index contributed by atoms with van der Waals surface area (Å²) in [6, 6.07) is 18.0. The third-order valence-corrected chi connectivity index (χ3v) is 6.12. The third-order valence-electron chi connectivity index (χ3n) is 6.12. The largest absolute Gasteiger partial charge is 0.487 e. The Morgan fingerprint density at radius 2 is 1.83 bits per heavy atom. The average Bonchev–Trinajstić information content (AvgIpc) is 3.31. The molecule has 3 heterocycles. The molecular formula is C27H27N5O3. The van der Waals surface area contributed by atoms with Crippen molar-refractivity contribution in [2.24, 2.45) is 5.73 Å². The van der Waals surface area contributed by atoms with Crippen molar-refractivity contribution in [1.29, 1.82) is 0 Å². The lowest BCUT2D eigenvalue weighted by Crippen LogP contribution is -2.30. The standard InChI is InChI=1S/C27H27N5O3/c28-26(33)19-10-11-24(31-12-3-1-4-13-31)23(16-19)30-27(34)20-7-6-8-22(15-20)35-18-21-17-32-14-5-2-9-25(32)29-21/h2,5-11,14-17H,1,3-4,12-13,18H2,(H2,28,33)(H,30,34). The molecule has 1 saturated heterocycles. The second-order valence-electron chi connectivity index (χ2n) is 8.61. The summed E-state index contributed by atoms with van der Waals surface area (Å²) in [5.74, 6) is -0.257. The number of pyridine rings is 1. The molecule has 178 valence electrons. The molecule has 2 amide bonds. The lowest BCUT2D eigenvalue weighted by molar-refractivity contribution is 0.0996. The van der Waals surface area contributed by atoms with Gasteiger partial charge in [0.15, 0.2) is 0 Å². The molecule has 0 bridgehead atoms. The van der Waals surface area contributed by atoms with Crippen LogP contribution in [0.1, 0.15) is 45.7 Å². The highest BCUT2D eigenvalue weighted by Gasteiger charge is 2.18. The number of carbonyl (C=O) groups is 2. The molecule has 3 N–H and O–H groups in total. The van der Waals surface area contributed by atoms with Crippen LogP contribution < -0.4 is 20.7 Å². The van der Waals surface area contributed by atoms with Crippen LogP contribution >= 0.6 is 0 Å². The van der Waals surface area contributed by atoms with Gasteiger partial charge in [0.1, 0.15) is 18.0 Å². The van der Waals surface area contributed by atoms with Gasteiger partial charge in [-0.05, 0) is 67.8 Å². The van der Waals surface area contributed by atoms with Crippen molar-refractivity contribution in [2.45, 2.75) is 25.9 Å². The first kappa shape index (κ1) is 22.5. The molecule has 4 aromatic rings. The Hall–Kier alpha value is -4.33. The van der Waals surface area contributed by atoms with E-state index in [1.54, 1.807) is 36.4 Å². The van der Waals surface area contributed by atoms with E-state index >= 15 is 0 Å². The zero-order valence-corrected chi connectivity index (χ0v) is 19.3. The van der Waals surface area contributed by atoms with Crippen LogP contribution in [0.15, 0.2) is 73.1 Å². The zero-order chi connectivity index (χ0) is 24.2. The van der Waals surface area contributed by atoms with Gasteiger partial charge in [0, 0.05) is 36.6 Å². The summed E-state index contributed by atoms with van der Waals surface area (Å²) >= 11 is 0. The summed E-state index contributed by atoms with van der Waals surface area (Å²) in [4.78, 5) is 31.7. The molecule has 1 aliphatic rings. The molecule has 5 rings (SSSR count). The second kappa shape index (κ2) is 9.89. The average molecular weight is 470 g/mol. The minimum Gasteiger partial charge on any atom is -0.487 e. The maximum atomic E-state index is 13.2. The van der Waals surface area contributed by atoms with Crippen LogP contribution in [0, 0.1) is 0 Å². The van der Waals surface area contributed by atoms with Gasteiger partial charge in [0.2, 0.25) is 5.91 Å². The van der Waals surface area contributed by atoms with Crippen LogP contribution in [0.5, 0.6) is 5.75 Å². The SMILES string of the molecule is NC(=O)c1ccc(N2CCCCC2)c(NC(=O)c2cccc(OCc3cn4ccccc4n3)c2)c1. The third kappa shape index (κ3) is 5.11. The summed E-state index contributed by atoms with van der Waals surface area (Å²) < 4.78 is 7.84. The van der Waals surface area contributed by atoms with Crippen molar-refractivity contribution >= 4 is 28.8 Å². The number of nitrogens with one attached hydrogen (secondary N) is 1. The highest BCUT2D eigenvalue weighted by Crippen LogP contribution is 2.30. The number of hydrogen-bond acceptors (Lipinski definition) is 5. The highest BCUT2D eigenvalue weighted by atomic mass is 16.5. The fourth-order valence-electron chi connectivity index (χ4n) is 4.34. The number of hydrogen-bond donors (Lipinski definition) is 2. The number of ether oxygens (including phenoxy) is 1. The molecule has 0 saturated carbocycles. The first-order valence-electron chi connectivity index (χ1n) is 11.7. The van der Waals surface area contributed by atoms with E-state index in [4.69, 9.17) is 10.5 Å². The summed E-state index contributed by atoms with van der Waals surface area (Å²) in [7, 11) is 0. The molecule has 1 aliphatic heterocycles. The van der Waals surface area contributed by atoms with Gasteiger partial charge in [-0.1, -0.05) is 12.1 Å². The summed E-state index contributed by atoms with van der Waals surface area (Å²) in [6.45, 7) is 2.10. The molecule has 8 nitrogen and oxygen atoms in total. The van der Waals surface area contributed by atoms with Gasteiger partial charge in [-0.25, -0.2) is 4.98 Å². The Bertz CT molecular complexity index is 1340.